The van der Waals surface area contributed by atoms with Gasteiger partial charge in [0, 0.05) is 37.5 Å². The molecule has 1 aliphatic heterocycles. The van der Waals surface area contributed by atoms with Crippen LogP contribution in [0, 0.1) is 0 Å². The van der Waals surface area contributed by atoms with Crippen molar-refractivity contribution in [1.82, 2.24) is 14.8 Å². The SMILES string of the molecule is COc1ccc(OCC(=O)N2CCN(Cc3nc(C4CC4)cs3)CC2)cc1. The maximum Gasteiger partial charge on any atom is 0.260 e. The second-order valence-corrected chi connectivity index (χ2v) is 8.00. The molecule has 1 saturated heterocycles. The molecule has 0 bridgehead atoms. The molecule has 1 amide bonds. The molecule has 2 fully saturated rings. The average Bonchev–Trinajstić information content (AvgIpc) is 3.46. The number of methoxy groups -OCH3 is 1. The van der Waals surface area contributed by atoms with Crippen molar-refractivity contribution in [3.05, 3.63) is 40.3 Å². The smallest absolute Gasteiger partial charge is 0.260 e. The normalized spacial score (nSPS) is 17.7. The number of hydrogen-bond acceptors (Lipinski definition) is 6. The molecule has 1 aliphatic carbocycles. The number of thiazole rings is 1. The maximum atomic E-state index is 12.4. The summed E-state index contributed by atoms with van der Waals surface area (Å²) in [5.74, 6) is 2.21. The van der Waals surface area contributed by atoms with Crippen molar-refractivity contribution >= 4 is 17.2 Å². The number of ether oxygens (including phenoxy) is 2. The van der Waals surface area contributed by atoms with E-state index in [2.05, 4.69) is 10.3 Å². The third-order valence-corrected chi connectivity index (χ3v) is 5.92. The van der Waals surface area contributed by atoms with E-state index in [0.29, 0.717) is 5.75 Å². The molecule has 7 heteroatoms. The van der Waals surface area contributed by atoms with Crippen molar-refractivity contribution in [2.75, 3.05) is 39.9 Å². The number of aromatic nitrogens is 1. The second kappa shape index (κ2) is 8.27. The van der Waals surface area contributed by atoms with Gasteiger partial charge in [-0.1, -0.05) is 0 Å². The number of hydrogen-bond donors (Lipinski definition) is 0. The zero-order valence-corrected chi connectivity index (χ0v) is 16.4. The summed E-state index contributed by atoms with van der Waals surface area (Å²) < 4.78 is 10.7. The summed E-state index contributed by atoms with van der Waals surface area (Å²) in [6.45, 7) is 4.21. The van der Waals surface area contributed by atoms with Gasteiger partial charge in [0.25, 0.3) is 5.91 Å². The molecule has 0 N–H and O–H groups in total. The van der Waals surface area contributed by atoms with Crippen LogP contribution in [0.25, 0.3) is 0 Å². The van der Waals surface area contributed by atoms with Gasteiger partial charge in [0.2, 0.25) is 0 Å². The molecule has 0 spiro atoms. The highest BCUT2D eigenvalue weighted by atomic mass is 32.1. The lowest BCUT2D eigenvalue weighted by Gasteiger charge is -2.34. The van der Waals surface area contributed by atoms with E-state index < -0.39 is 0 Å². The number of nitrogens with zero attached hydrogens (tertiary/aromatic N) is 3. The summed E-state index contributed by atoms with van der Waals surface area (Å²) in [6, 6.07) is 7.28. The molecule has 0 unspecified atom stereocenters. The van der Waals surface area contributed by atoms with E-state index in [4.69, 9.17) is 14.5 Å². The van der Waals surface area contributed by atoms with Crippen LogP contribution in [0.5, 0.6) is 11.5 Å². The van der Waals surface area contributed by atoms with Crippen LogP contribution in [0.4, 0.5) is 0 Å². The van der Waals surface area contributed by atoms with Crippen molar-refractivity contribution in [2.24, 2.45) is 0 Å². The van der Waals surface area contributed by atoms with E-state index in [0.717, 1.165) is 44.4 Å². The summed E-state index contributed by atoms with van der Waals surface area (Å²) in [6.07, 6.45) is 2.59. The Morgan fingerprint density at radius 1 is 1.15 bits per heavy atom. The van der Waals surface area contributed by atoms with E-state index in [-0.39, 0.29) is 12.5 Å². The summed E-state index contributed by atoms with van der Waals surface area (Å²) in [7, 11) is 1.62. The molecule has 1 aromatic heterocycles. The number of amides is 1. The van der Waals surface area contributed by atoms with Crippen LogP contribution < -0.4 is 9.47 Å². The van der Waals surface area contributed by atoms with Gasteiger partial charge >= 0.3 is 0 Å². The van der Waals surface area contributed by atoms with Crippen molar-refractivity contribution in [1.29, 1.82) is 0 Å². The van der Waals surface area contributed by atoms with Gasteiger partial charge in [-0.15, -0.1) is 11.3 Å². The Morgan fingerprint density at radius 3 is 2.52 bits per heavy atom. The molecule has 27 heavy (non-hydrogen) atoms. The standard InChI is InChI=1S/C20H25N3O3S/c1-25-16-4-6-17(7-5-16)26-13-20(24)23-10-8-22(9-11-23)12-19-21-18(14-27-19)15-2-3-15/h4-7,14-15H,2-3,8-13H2,1H3. The minimum Gasteiger partial charge on any atom is -0.497 e. The molecule has 0 radical (unpaired) electrons. The van der Waals surface area contributed by atoms with Gasteiger partial charge in [-0.25, -0.2) is 4.98 Å². The monoisotopic (exact) mass is 387 g/mol. The molecule has 6 nitrogen and oxygen atoms in total. The molecular formula is C20H25N3O3S. The topological polar surface area (TPSA) is 54.9 Å². The Balaban J connectivity index is 1.20. The van der Waals surface area contributed by atoms with E-state index >= 15 is 0 Å². The number of benzene rings is 1. The van der Waals surface area contributed by atoms with E-state index in [1.165, 1.54) is 23.5 Å². The number of piperazine rings is 1. The zero-order valence-electron chi connectivity index (χ0n) is 15.6. The summed E-state index contributed by atoms with van der Waals surface area (Å²) >= 11 is 1.76. The van der Waals surface area contributed by atoms with Crippen LogP contribution in [-0.4, -0.2) is 60.6 Å². The maximum absolute atomic E-state index is 12.4. The fourth-order valence-corrected chi connectivity index (χ4v) is 4.14. The first kappa shape index (κ1) is 18.3. The predicted molar refractivity (Wildman–Crippen MR) is 104 cm³/mol. The van der Waals surface area contributed by atoms with Crippen LogP contribution in [0.2, 0.25) is 0 Å². The van der Waals surface area contributed by atoms with Crippen molar-refractivity contribution in [3.63, 3.8) is 0 Å². The number of rotatable bonds is 7. The Kier molecular flexibility index (Phi) is 5.59. The van der Waals surface area contributed by atoms with Gasteiger partial charge in [0.1, 0.15) is 16.5 Å². The zero-order chi connectivity index (χ0) is 18.6. The molecule has 1 aromatic carbocycles. The second-order valence-electron chi connectivity index (χ2n) is 7.06. The molecule has 0 atom stereocenters. The highest BCUT2D eigenvalue weighted by Crippen LogP contribution is 2.40. The molecule has 144 valence electrons. The van der Waals surface area contributed by atoms with Gasteiger partial charge in [0.05, 0.1) is 19.3 Å². The van der Waals surface area contributed by atoms with Crippen LogP contribution in [-0.2, 0) is 11.3 Å². The lowest BCUT2D eigenvalue weighted by Crippen LogP contribution is -2.49. The van der Waals surface area contributed by atoms with Crippen LogP contribution >= 0.6 is 11.3 Å². The van der Waals surface area contributed by atoms with Crippen molar-refractivity contribution in [2.45, 2.75) is 25.3 Å². The molecule has 2 aliphatic rings. The van der Waals surface area contributed by atoms with Gasteiger partial charge in [-0.2, -0.15) is 0 Å². The largest absolute Gasteiger partial charge is 0.497 e. The lowest BCUT2D eigenvalue weighted by atomic mass is 10.3. The van der Waals surface area contributed by atoms with Gasteiger partial charge in [-0.3, -0.25) is 9.69 Å². The van der Waals surface area contributed by atoms with E-state index in [9.17, 15) is 4.79 Å². The molecule has 2 aromatic rings. The van der Waals surface area contributed by atoms with Crippen LogP contribution in [0.1, 0.15) is 29.5 Å². The minimum absolute atomic E-state index is 0.0377. The minimum atomic E-state index is 0.0377. The van der Waals surface area contributed by atoms with E-state index in [1.807, 2.05) is 29.2 Å². The average molecular weight is 388 g/mol. The number of carbonyl (C=O) groups is 1. The first-order valence-corrected chi connectivity index (χ1v) is 10.3. The fraction of sp³-hybridized carbons (Fsp3) is 0.500. The van der Waals surface area contributed by atoms with Crippen molar-refractivity contribution in [3.8, 4) is 11.5 Å². The van der Waals surface area contributed by atoms with Crippen molar-refractivity contribution < 1.29 is 14.3 Å². The molecule has 2 heterocycles. The fourth-order valence-electron chi connectivity index (χ4n) is 3.22. The van der Waals surface area contributed by atoms with E-state index in [1.54, 1.807) is 18.4 Å². The highest BCUT2D eigenvalue weighted by Gasteiger charge is 2.27. The predicted octanol–water partition coefficient (Wildman–Crippen LogP) is 2.75. The number of carbonyl (C=O) groups excluding carboxylic acids is 1. The Hall–Kier alpha value is -2.12. The first-order chi connectivity index (χ1) is 13.2. The Morgan fingerprint density at radius 2 is 1.85 bits per heavy atom. The molecular weight excluding hydrogens is 362 g/mol. The first-order valence-electron chi connectivity index (χ1n) is 9.42. The lowest BCUT2D eigenvalue weighted by molar-refractivity contribution is -0.135. The third-order valence-electron chi connectivity index (χ3n) is 5.07. The quantitative estimate of drug-likeness (QED) is 0.731. The summed E-state index contributed by atoms with van der Waals surface area (Å²) in [4.78, 5) is 21.4. The third kappa shape index (κ3) is 4.78. The van der Waals surface area contributed by atoms with Gasteiger partial charge in [-0.05, 0) is 37.1 Å². The van der Waals surface area contributed by atoms with Crippen LogP contribution in [0.3, 0.4) is 0 Å². The Bertz CT molecular complexity index is 765. The molecule has 1 saturated carbocycles. The molecule has 4 rings (SSSR count). The summed E-state index contributed by atoms with van der Waals surface area (Å²) in [5, 5.41) is 3.41. The van der Waals surface area contributed by atoms with Gasteiger partial charge < -0.3 is 14.4 Å². The van der Waals surface area contributed by atoms with Gasteiger partial charge in [0.15, 0.2) is 6.61 Å². The summed E-state index contributed by atoms with van der Waals surface area (Å²) in [5.41, 5.74) is 1.28. The van der Waals surface area contributed by atoms with Crippen LogP contribution in [0.15, 0.2) is 29.6 Å². The highest BCUT2D eigenvalue weighted by molar-refractivity contribution is 7.09. The Labute approximate surface area is 163 Å².